The summed E-state index contributed by atoms with van der Waals surface area (Å²) >= 11 is 0. The Bertz CT molecular complexity index is 811. The standard InChI is InChI=1S/C23H27FO3/c1-4-18-14-17(6-5-13-25)7-8-19(18)9-10-20-11-12-21(15-22(20)24)27-23(26)16(2)3/h7-8,11-12,14-15,25H,2,4-6,9-10,13H2,1,3H3. The molecule has 0 saturated heterocycles. The van der Waals surface area contributed by atoms with Crippen LogP contribution in [0.15, 0.2) is 48.6 Å². The van der Waals surface area contributed by atoms with Gasteiger partial charge in [0.25, 0.3) is 0 Å². The van der Waals surface area contributed by atoms with Gasteiger partial charge in [0.2, 0.25) is 0 Å². The van der Waals surface area contributed by atoms with Gasteiger partial charge in [-0.1, -0.05) is 37.8 Å². The Morgan fingerprint density at radius 2 is 1.78 bits per heavy atom. The van der Waals surface area contributed by atoms with Crippen LogP contribution in [0.4, 0.5) is 4.39 Å². The normalized spacial score (nSPS) is 10.7. The van der Waals surface area contributed by atoms with Crippen LogP contribution in [0.2, 0.25) is 0 Å². The number of halogens is 1. The first kappa shape index (κ1) is 20.8. The van der Waals surface area contributed by atoms with Crippen molar-refractivity contribution in [2.75, 3.05) is 6.61 Å². The number of benzene rings is 2. The number of esters is 1. The van der Waals surface area contributed by atoms with Crippen LogP contribution in [0.3, 0.4) is 0 Å². The maximum Gasteiger partial charge on any atom is 0.338 e. The van der Waals surface area contributed by atoms with Crippen molar-refractivity contribution in [3.05, 3.63) is 76.6 Å². The number of hydrogen-bond acceptors (Lipinski definition) is 3. The Balaban J connectivity index is 2.05. The number of hydrogen-bond donors (Lipinski definition) is 1. The highest BCUT2D eigenvalue weighted by Crippen LogP contribution is 2.21. The second-order valence-corrected chi connectivity index (χ2v) is 6.71. The zero-order valence-electron chi connectivity index (χ0n) is 16.1. The second kappa shape index (κ2) is 10.0. The minimum atomic E-state index is -0.559. The first-order chi connectivity index (χ1) is 12.9. The summed E-state index contributed by atoms with van der Waals surface area (Å²) in [5, 5.41) is 8.97. The molecule has 0 spiro atoms. The third kappa shape index (κ3) is 6.04. The number of rotatable bonds is 9. The van der Waals surface area contributed by atoms with E-state index in [2.05, 4.69) is 31.7 Å². The lowest BCUT2D eigenvalue weighted by Gasteiger charge is -2.12. The van der Waals surface area contributed by atoms with Gasteiger partial charge >= 0.3 is 5.97 Å². The highest BCUT2D eigenvalue weighted by atomic mass is 19.1. The van der Waals surface area contributed by atoms with E-state index in [-0.39, 0.29) is 23.7 Å². The fourth-order valence-electron chi connectivity index (χ4n) is 2.95. The molecule has 0 aromatic heterocycles. The molecule has 0 aliphatic rings. The molecule has 2 rings (SSSR count). The van der Waals surface area contributed by atoms with Gasteiger partial charge in [0, 0.05) is 18.2 Å². The van der Waals surface area contributed by atoms with Crippen LogP contribution in [0.1, 0.15) is 42.5 Å². The van der Waals surface area contributed by atoms with E-state index in [4.69, 9.17) is 9.84 Å². The predicted octanol–water partition coefficient (Wildman–Crippen LogP) is 4.58. The van der Waals surface area contributed by atoms with Gasteiger partial charge < -0.3 is 9.84 Å². The molecule has 144 valence electrons. The van der Waals surface area contributed by atoms with Crippen LogP contribution in [-0.2, 0) is 30.5 Å². The molecular weight excluding hydrogens is 343 g/mol. The molecule has 0 unspecified atom stereocenters. The summed E-state index contributed by atoms with van der Waals surface area (Å²) in [5.74, 6) is -0.748. The second-order valence-electron chi connectivity index (χ2n) is 6.71. The van der Waals surface area contributed by atoms with Gasteiger partial charge in [-0.05, 0) is 67.3 Å². The maximum absolute atomic E-state index is 14.4. The molecule has 0 aliphatic carbocycles. The molecule has 0 amide bonds. The van der Waals surface area contributed by atoms with Crippen molar-refractivity contribution < 1.29 is 19.0 Å². The molecule has 3 nitrogen and oxygen atoms in total. The van der Waals surface area contributed by atoms with Gasteiger partial charge in [0.05, 0.1) is 0 Å². The third-order valence-electron chi connectivity index (χ3n) is 4.52. The Labute approximate surface area is 160 Å². The van der Waals surface area contributed by atoms with E-state index < -0.39 is 5.97 Å². The van der Waals surface area contributed by atoms with Crippen LogP contribution in [0.25, 0.3) is 0 Å². The summed E-state index contributed by atoms with van der Waals surface area (Å²) < 4.78 is 19.4. The third-order valence-corrected chi connectivity index (χ3v) is 4.52. The molecule has 0 fully saturated rings. The van der Waals surface area contributed by atoms with E-state index >= 15 is 0 Å². The van der Waals surface area contributed by atoms with Gasteiger partial charge in [-0.25, -0.2) is 9.18 Å². The van der Waals surface area contributed by atoms with Gasteiger partial charge in [0.1, 0.15) is 11.6 Å². The van der Waals surface area contributed by atoms with Crippen LogP contribution in [0, 0.1) is 5.82 Å². The molecule has 2 aromatic rings. The summed E-state index contributed by atoms with van der Waals surface area (Å²) in [6, 6.07) is 10.9. The largest absolute Gasteiger partial charge is 0.423 e. The van der Waals surface area contributed by atoms with E-state index in [0.29, 0.717) is 12.0 Å². The monoisotopic (exact) mass is 370 g/mol. The number of aliphatic hydroxyl groups excluding tert-OH is 1. The zero-order chi connectivity index (χ0) is 19.8. The van der Waals surface area contributed by atoms with Gasteiger partial charge in [-0.3, -0.25) is 0 Å². The lowest BCUT2D eigenvalue weighted by molar-refractivity contribution is -0.130. The topological polar surface area (TPSA) is 46.5 Å². The van der Waals surface area contributed by atoms with Crippen molar-refractivity contribution >= 4 is 5.97 Å². The number of aryl methyl sites for hydroxylation is 4. The molecule has 0 bridgehead atoms. The van der Waals surface area contributed by atoms with Gasteiger partial charge in [-0.2, -0.15) is 0 Å². The van der Waals surface area contributed by atoms with Crippen LogP contribution >= 0.6 is 0 Å². The zero-order valence-corrected chi connectivity index (χ0v) is 16.1. The fraction of sp³-hybridized carbons (Fsp3) is 0.348. The van der Waals surface area contributed by atoms with E-state index in [0.717, 1.165) is 25.7 Å². The molecule has 0 aliphatic heterocycles. The first-order valence-corrected chi connectivity index (χ1v) is 9.32. The summed E-state index contributed by atoms with van der Waals surface area (Å²) in [6.45, 7) is 7.37. The van der Waals surface area contributed by atoms with Crippen LogP contribution < -0.4 is 4.74 Å². The quantitative estimate of drug-likeness (QED) is 0.399. The lowest BCUT2D eigenvalue weighted by atomic mass is 9.95. The van der Waals surface area contributed by atoms with Crippen LogP contribution in [0.5, 0.6) is 5.75 Å². The molecule has 4 heteroatoms. The summed E-state index contributed by atoms with van der Waals surface area (Å²) in [6.07, 6.45) is 3.86. The predicted molar refractivity (Wildman–Crippen MR) is 105 cm³/mol. The minimum Gasteiger partial charge on any atom is -0.423 e. The Hall–Kier alpha value is -2.46. The molecule has 27 heavy (non-hydrogen) atoms. The Morgan fingerprint density at radius 3 is 2.41 bits per heavy atom. The highest BCUT2D eigenvalue weighted by molar-refractivity contribution is 5.88. The van der Waals surface area contributed by atoms with E-state index in [1.165, 1.54) is 22.8 Å². The smallest absolute Gasteiger partial charge is 0.338 e. The Morgan fingerprint density at radius 1 is 1.07 bits per heavy atom. The SMILES string of the molecule is C=C(C)C(=O)Oc1ccc(CCc2ccc(CCCO)cc2CC)c(F)c1. The molecule has 0 radical (unpaired) electrons. The van der Waals surface area contributed by atoms with Crippen molar-refractivity contribution in [3.8, 4) is 5.75 Å². The summed E-state index contributed by atoms with van der Waals surface area (Å²) in [5.41, 5.74) is 4.56. The average molecular weight is 370 g/mol. The fourth-order valence-corrected chi connectivity index (χ4v) is 2.95. The molecule has 2 aromatic carbocycles. The molecular formula is C23H27FO3. The van der Waals surface area contributed by atoms with Gasteiger partial charge in [0.15, 0.2) is 0 Å². The van der Waals surface area contributed by atoms with E-state index in [1.807, 2.05) is 0 Å². The van der Waals surface area contributed by atoms with Crippen molar-refractivity contribution in [2.24, 2.45) is 0 Å². The van der Waals surface area contributed by atoms with E-state index in [9.17, 15) is 9.18 Å². The maximum atomic E-state index is 14.4. The van der Waals surface area contributed by atoms with Crippen molar-refractivity contribution in [1.29, 1.82) is 0 Å². The van der Waals surface area contributed by atoms with Crippen molar-refractivity contribution in [3.63, 3.8) is 0 Å². The van der Waals surface area contributed by atoms with Crippen LogP contribution in [-0.4, -0.2) is 17.7 Å². The lowest BCUT2D eigenvalue weighted by Crippen LogP contribution is -2.08. The molecule has 0 atom stereocenters. The number of carbonyl (C=O) groups excluding carboxylic acids is 1. The Kier molecular flexibility index (Phi) is 7.74. The van der Waals surface area contributed by atoms with Gasteiger partial charge in [-0.15, -0.1) is 0 Å². The highest BCUT2D eigenvalue weighted by Gasteiger charge is 2.10. The first-order valence-electron chi connectivity index (χ1n) is 9.32. The summed E-state index contributed by atoms with van der Waals surface area (Å²) in [4.78, 5) is 11.5. The average Bonchev–Trinajstić information content (AvgIpc) is 2.65. The number of carbonyl (C=O) groups is 1. The van der Waals surface area contributed by atoms with E-state index in [1.54, 1.807) is 19.1 Å². The molecule has 1 N–H and O–H groups in total. The number of aliphatic hydroxyl groups is 1. The molecule has 0 heterocycles. The van der Waals surface area contributed by atoms with Crippen molar-refractivity contribution in [1.82, 2.24) is 0 Å². The summed E-state index contributed by atoms with van der Waals surface area (Å²) in [7, 11) is 0. The number of ether oxygens (including phenoxy) is 1. The van der Waals surface area contributed by atoms with Crippen molar-refractivity contribution in [2.45, 2.75) is 46.0 Å². The molecule has 0 saturated carbocycles. The minimum absolute atomic E-state index is 0.187.